The van der Waals surface area contributed by atoms with E-state index in [9.17, 15) is 18.0 Å². The number of Topliss-reactive ketones (excluding diaryl/α,β-unsaturated/α-hetero) is 1. The van der Waals surface area contributed by atoms with Gasteiger partial charge in [-0.3, -0.25) is 4.79 Å². The number of ketones is 1. The number of methoxy groups -OCH3 is 1. The topological polar surface area (TPSA) is 113 Å². The second kappa shape index (κ2) is 8.12. The Morgan fingerprint density at radius 3 is 2.14 bits per heavy atom. The lowest BCUT2D eigenvalue weighted by Crippen LogP contribution is -2.25. The second-order valence-corrected chi connectivity index (χ2v) is 8.13. The van der Waals surface area contributed by atoms with Gasteiger partial charge in [-0.05, 0) is 68.7 Å². The van der Waals surface area contributed by atoms with Crippen LogP contribution >= 0.6 is 0 Å². The van der Waals surface area contributed by atoms with Crippen molar-refractivity contribution in [2.75, 3.05) is 7.11 Å². The summed E-state index contributed by atoms with van der Waals surface area (Å²) >= 11 is 0. The summed E-state index contributed by atoms with van der Waals surface area (Å²) in [5.41, 5.74) is 3.13. The molecule has 2 rings (SSSR count). The van der Waals surface area contributed by atoms with Crippen LogP contribution in [0.3, 0.4) is 0 Å². The third kappa shape index (κ3) is 4.58. The standard InChI is InChI=1S/C20H23NO6S/c1-11-8-13(3)16(9-12(11)2)19(22)14(4)27-20(23)17-10-15(28(21,24)25)6-7-18(17)26-5/h6-10,14H,1-5H3,(H2,21,24,25)/t14-/m1/s1. The molecule has 0 aliphatic carbocycles. The average Bonchev–Trinajstić information content (AvgIpc) is 2.62. The molecule has 2 N–H and O–H groups in total. The molecule has 0 saturated heterocycles. The largest absolute Gasteiger partial charge is 0.496 e. The lowest BCUT2D eigenvalue weighted by atomic mass is 9.96. The van der Waals surface area contributed by atoms with E-state index in [0.717, 1.165) is 22.8 Å². The van der Waals surface area contributed by atoms with Gasteiger partial charge < -0.3 is 9.47 Å². The Morgan fingerprint density at radius 2 is 1.57 bits per heavy atom. The number of hydrogen-bond donors (Lipinski definition) is 1. The van der Waals surface area contributed by atoms with Crippen LogP contribution in [-0.2, 0) is 14.8 Å². The molecule has 2 aromatic rings. The van der Waals surface area contributed by atoms with Crippen molar-refractivity contribution in [1.29, 1.82) is 0 Å². The van der Waals surface area contributed by atoms with Crippen LogP contribution in [0.15, 0.2) is 35.2 Å². The Labute approximate surface area is 164 Å². The molecule has 7 nitrogen and oxygen atoms in total. The highest BCUT2D eigenvalue weighted by Gasteiger charge is 2.25. The van der Waals surface area contributed by atoms with Crippen LogP contribution in [0.25, 0.3) is 0 Å². The number of benzene rings is 2. The monoisotopic (exact) mass is 405 g/mol. The molecule has 0 unspecified atom stereocenters. The summed E-state index contributed by atoms with van der Waals surface area (Å²) < 4.78 is 33.5. The number of sulfonamides is 1. The van der Waals surface area contributed by atoms with Gasteiger partial charge in [0.15, 0.2) is 6.10 Å². The maximum Gasteiger partial charge on any atom is 0.342 e. The highest BCUT2D eigenvalue weighted by atomic mass is 32.2. The number of esters is 1. The lowest BCUT2D eigenvalue weighted by Gasteiger charge is -2.16. The molecule has 0 aliphatic rings. The van der Waals surface area contributed by atoms with Crippen molar-refractivity contribution in [2.24, 2.45) is 5.14 Å². The molecular formula is C20H23NO6S. The van der Waals surface area contributed by atoms with Crippen LogP contribution in [0.5, 0.6) is 5.75 Å². The molecule has 2 aromatic carbocycles. The summed E-state index contributed by atoms with van der Waals surface area (Å²) in [5.74, 6) is -1.13. The fraction of sp³-hybridized carbons (Fsp3) is 0.300. The molecule has 0 bridgehead atoms. The molecule has 0 radical (unpaired) electrons. The maximum absolute atomic E-state index is 12.8. The Balaban J connectivity index is 2.32. The van der Waals surface area contributed by atoms with Crippen molar-refractivity contribution in [3.8, 4) is 5.75 Å². The smallest absolute Gasteiger partial charge is 0.342 e. The third-order valence-corrected chi connectivity index (χ3v) is 5.39. The minimum Gasteiger partial charge on any atom is -0.496 e. The van der Waals surface area contributed by atoms with E-state index < -0.39 is 22.1 Å². The molecular weight excluding hydrogens is 382 g/mol. The van der Waals surface area contributed by atoms with Gasteiger partial charge in [-0.1, -0.05) is 6.07 Å². The molecule has 150 valence electrons. The first-order valence-electron chi connectivity index (χ1n) is 8.49. The van der Waals surface area contributed by atoms with E-state index in [-0.39, 0.29) is 22.0 Å². The normalized spacial score (nSPS) is 12.4. The first kappa shape index (κ1) is 21.6. The SMILES string of the molecule is COc1ccc(S(N)(=O)=O)cc1C(=O)O[C@H](C)C(=O)c1cc(C)c(C)cc1C. The minimum absolute atomic E-state index is 0.111. The number of rotatable bonds is 6. The van der Waals surface area contributed by atoms with Crippen molar-refractivity contribution in [3.63, 3.8) is 0 Å². The predicted molar refractivity (Wildman–Crippen MR) is 104 cm³/mol. The summed E-state index contributed by atoms with van der Waals surface area (Å²) in [4.78, 5) is 25.1. The van der Waals surface area contributed by atoms with Gasteiger partial charge in [0, 0.05) is 5.56 Å². The summed E-state index contributed by atoms with van der Waals surface area (Å²) in [6.07, 6.45) is -1.07. The van der Waals surface area contributed by atoms with Crippen LogP contribution in [0.4, 0.5) is 0 Å². The van der Waals surface area contributed by atoms with E-state index in [0.29, 0.717) is 5.56 Å². The number of primary sulfonamides is 1. The van der Waals surface area contributed by atoms with Crippen LogP contribution in [-0.4, -0.2) is 33.4 Å². The van der Waals surface area contributed by atoms with Gasteiger partial charge in [-0.25, -0.2) is 18.4 Å². The Bertz CT molecular complexity index is 1040. The third-order valence-electron chi connectivity index (χ3n) is 4.48. The molecule has 0 heterocycles. The summed E-state index contributed by atoms with van der Waals surface area (Å²) in [6.45, 7) is 7.12. The van der Waals surface area contributed by atoms with Crippen molar-refractivity contribution >= 4 is 21.8 Å². The van der Waals surface area contributed by atoms with E-state index in [1.54, 1.807) is 6.07 Å². The van der Waals surface area contributed by atoms with Gasteiger partial charge in [0.05, 0.1) is 12.0 Å². The van der Waals surface area contributed by atoms with E-state index in [1.165, 1.54) is 26.2 Å². The van der Waals surface area contributed by atoms with E-state index in [2.05, 4.69) is 0 Å². The lowest BCUT2D eigenvalue weighted by molar-refractivity contribution is 0.0315. The number of aryl methyl sites for hydroxylation is 3. The van der Waals surface area contributed by atoms with Crippen molar-refractivity contribution in [2.45, 2.75) is 38.7 Å². The number of carbonyl (C=O) groups excluding carboxylic acids is 2. The van der Waals surface area contributed by atoms with Gasteiger partial charge >= 0.3 is 5.97 Å². The van der Waals surface area contributed by atoms with Crippen LogP contribution < -0.4 is 9.88 Å². The summed E-state index contributed by atoms with van der Waals surface area (Å²) in [6, 6.07) is 7.25. The van der Waals surface area contributed by atoms with Crippen LogP contribution in [0, 0.1) is 20.8 Å². The zero-order valence-electron chi connectivity index (χ0n) is 16.4. The number of ether oxygens (including phenoxy) is 2. The quantitative estimate of drug-likeness (QED) is 0.584. The zero-order chi connectivity index (χ0) is 21.2. The van der Waals surface area contributed by atoms with Crippen molar-refractivity contribution in [3.05, 3.63) is 58.1 Å². The van der Waals surface area contributed by atoms with Crippen molar-refractivity contribution < 1.29 is 27.5 Å². The van der Waals surface area contributed by atoms with E-state index in [4.69, 9.17) is 14.6 Å². The molecule has 8 heteroatoms. The maximum atomic E-state index is 12.8. The molecule has 0 fully saturated rings. The first-order valence-corrected chi connectivity index (χ1v) is 10.0. The Morgan fingerprint density at radius 1 is 0.964 bits per heavy atom. The zero-order valence-corrected chi connectivity index (χ0v) is 17.2. The molecule has 0 aliphatic heterocycles. The van der Waals surface area contributed by atoms with Gasteiger partial charge in [-0.2, -0.15) is 0 Å². The average molecular weight is 405 g/mol. The number of nitrogens with two attached hydrogens (primary N) is 1. The molecule has 0 spiro atoms. The summed E-state index contributed by atoms with van der Waals surface area (Å²) in [7, 11) is -2.69. The number of hydrogen-bond acceptors (Lipinski definition) is 6. The highest BCUT2D eigenvalue weighted by molar-refractivity contribution is 7.89. The Hall–Kier alpha value is -2.71. The second-order valence-electron chi connectivity index (χ2n) is 6.57. The Kier molecular flexibility index (Phi) is 6.26. The molecule has 28 heavy (non-hydrogen) atoms. The highest BCUT2D eigenvalue weighted by Crippen LogP contribution is 2.24. The fourth-order valence-electron chi connectivity index (χ4n) is 2.75. The van der Waals surface area contributed by atoms with Crippen LogP contribution in [0.1, 0.15) is 44.3 Å². The predicted octanol–water partition coefficient (Wildman–Crippen LogP) is 2.70. The fourth-order valence-corrected chi connectivity index (χ4v) is 3.29. The van der Waals surface area contributed by atoms with Crippen LogP contribution in [0.2, 0.25) is 0 Å². The molecule has 0 aromatic heterocycles. The van der Waals surface area contributed by atoms with Gasteiger partial charge in [0.1, 0.15) is 11.3 Å². The number of carbonyl (C=O) groups is 2. The minimum atomic E-state index is -4.02. The molecule has 1 atom stereocenters. The van der Waals surface area contributed by atoms with Gasteiger partial charge in [0.2, 0.25) is 15.8 Å². The first-order chi connectivity index (χ1) is 13.0. The molecule has 0 saturated carbocycles. The van der Waals surface area contributed by atoms with Gasteiger partial charge in [-0.15, -0.1) is 0 Å². The van der Waals surface area contributed by atoms with E-state index in [1.807, 2.05) is 26.8 Å². The van der Waals surface area contributed by atoms with E-state index >= 15 is 0 Å². The van der Waals surface area contributed by atoms with Gasteiger partial charge in [0.25, 0.3) is 0 Å². The summed E-state index contributed by atoms with van der Waals surface area (Å²) in [5, 5.41) is 5.11. The molecule has 0 amide bonds. The van der Waals surface area contributed by atoms with Crippen molar-refractivity contribution in [1.82, 2.24) is 0 Å².